The molecule has 0 saturated carbocycles. The van der Waals surface area contributed by atoms with Gasteiger partial charge in [0.25, 0.3) is 0 Å². The van der Waals surface area contributed by atoms with Gasteiger partial charge >= 0.3 is 5.97 Å². The lowest BCUT2D eigenvalue weighted by molar-refractivity contribution is 0.0696. The van der Waals surface area contributed by atoms with Gasteiger partial charge < -0.3 is 26.1 Å². The number of rotatable bonds is 5. The summed E-state index contributed by atoms with van der Waals surface area (Å²) in [5.74, 6) is -0.928. The third-order valence-electron chi connectivity index (χ3n) is 6.17. The monoisotopic (exact) mass is 458 g/mol. The molecule has 2 aromatic rings. The van der Waals surface area contributed by atoms with Gasteiger partial charge in [-0.1, -0.05) is 55.9 Å². The molecule has 1 unspecified atom stereocenters. The minimum Gasteiger partial charge on any atom is -0.478 e. The molecular weight excluding hydrogens is 432 g/mol. The lowest BCUT2D eigenvalue weighted by Crippen LogP contribution is -2.22. The molecule has 0 aliphatic carbocycles. The molecule has 7 heteroatoms. The lowest BCUT2D eigenvalue weighted by atomic mass is 9.83. The van der Waals surface area contributed by atoms with Crippen LogP contribution in [0, 0.1) is 10.8 Å². The molecule has 2 heterocycles. The van der Waals surface area contributed by atoms with Crippen LogP contribution in [0.2, 0.25) is 0 Å². The Morgan fingerprint density at radius 2 is 1.82 bits per heavy atom. The summed E-state index contributed by atoms with van der Waals surface area (Å²) in [5, 5.41) is 28.9. The summed E-state index contributed by atoms with van der Waals surface area (Å²) in [5.41, 5.74) is 4.62. The van der Waals surface area contributed by atoms with Crippen molar-refractivity contribution in [2.75, 3.05) is 11.9 Å². The number of thioether (sulfide) groups is 1. The van der Waals surface area contributed by atoms with E-state index in [0.717, 1.165) is 32.4 Å². The zero-order chi connectivity index (χ0) is 23.8. The van der Waals surface area contributed by atoms with Gasteiger partial charge in [0.05, 0.1) is 16.6 Å². The normalized spacial score (nSPS) is 21.1. The van der Waals surface area contributed by atoms with E-state index in [1.54, 1.807) is 12.1 Å². The number of carbonyl (C=O) groups is 1. The maximum Gasteiger partial charge on any atom is 0.335 e. The number of allylic oxidation sites excluding steroid dienone is 4. The van der Waals surface area contributed by atoms with Crippen LogP contribution in [0.15, 0.2) is 81.9 Å². The topological polar surface area (TPSA) is 100 Å². The zero-order valence-corrected chi connectivity index (χ0v) is 19.5. The molecule has 2 aliphatic rings. The standard InChI is InChI=1S/C26H26N4O2S/c1-26(2)19-13-17(25(31)32)9-10-20(19)30(3)22(26)12-11-21-23(16-7-5-4-6-8-16)29-24(33-21)18(14-27)15-28/h4-15,23,27-29H,1-3H3,(H,31,32)/b21-11+,22-12-,24-18?,27-14?,28-15?. The van der Waals surface area contributed by atoms with Gasteiger partial charge in [-0.05, 0) is 41.5 Å². The van der Waals surface area contributed by atoms with E-state index < -0.39 is 5.97 Å². The van der Waals surface area contributed by atoms with E-state index >= 15 is 0 Å². The number of carboxylic acid groups (broad SMARTS) is 1. The van der Waals surface area contributed by atoms with Crippen LogP contribution < -0.4 is 10.2 Å². The number of nitrogens with one attached hydrogen (secondary N) is 3. The number of hydrogen-bond acceptors (Lipinski definition) is 6. The van der Waals surface area contributed by atoms with Crippen molar-refractivity contribution in [1.82, 2.24) is 5.32 Å². The third kappa shape index (κ3) is 4.00. The highest BCUT2D eigenvalue weighted by molar-refractivity contribution is 8.07. The summed E-state index contributed by atoms with van der Waals surface area (Å²) in [4.78, 5) is 14.7. The number of anilines is 1. The second-order valence-electron chi connectivity index (χ2n) is 8.51. The molecule has 1 atom stereocenters. The Balaban J connectivity index is 1.77. The maximum absolute atomic E-state index is 11.5. The molecule has 0 aromatic heterocycles. The van der Waals surface area contributed by atoms with Crippen molar-refractivity contribution >= 4 is 35.8 Å². The van der Waals surface area contributed by atoms with Crippen molar-refractivity contribution in [3.05, 3.63) is 98.6 Å². The van der Waals surface area contributed by atoms with Gasteiger partial charge in [-0.25, -0.2) is 4.79 Å². The molecule has 6 nitrogen and oxygen atoms in total. The number of aromatic carboxylic acids is 1. The fourth-order valence-corrected chi connectivity index (χ4v) is 5.47. The van der Waals surface area contributed by atoms with Crippen molar-refractivity contribution in [3.8, 4) is 0 Å². The van der Waals surface area contributed by atoms with Crippen LogP contribution in [-0.2, 0) is 5.41 Å². The van der Waals surface area contributed by atoms with Crippen molar-refractivity contribution in [2.24, 2.45) is 0 Å². The minimum absolute atomic E-state index is 0.0752. The average Bonchev–Trinajstić information content (AvgIpc) is 3.31. The van der Waals surface area contributed by atoms with E-state index in [4.69, 9.17) is 10.8 Å². The van der Waals surface area contributed by atoms with Crippen molar-refractivity contribution < 1.29 is 9.90 Å². The highest BCUT2D eigenvalue weighted by atomic mass is 32.2. The Morgan fingerprint density at radius 1 is 1.12 bits per heavy atom. The number of benzene rings is 2. The van der Waals surface area contributed by atoms with E-state index in [0.29, 0.717) is 5.57 Å². The number of fused-ring (bicyclic) bond motifs is 1. The SMILES string of the molecule is CN1/C(=C\C=C2\SC(=C(C=N)C=N)NC2c2ccccc2)C(C)(C)c2cc(C(=O)O)ccc21. The molecule has 2 aromatic carbocycles. The van der Waals surface area contributed by atoms with Gasteiger partial charge in [0.2, 0.25) is 0 Å². The molecule has 1 saturated heterocycles. The maximum atomic E-state index is 11.5. The predicted octanol–water partition coefficient (Wildman–Crippen LogP) is 5.47. The van der Waals surface area contributed by atoms with E-state index in [-0.39, 0.29) is 17.0 Å². The van der Waals surface area contributed by atoms with Crippen molar-refractivity contribution in [2.45, 2.75) is 25.3 Å². The van der Waals surface area contributed by atoms with E-state index in [1.807, 2.05) is 31.3 Å². The Labute approximate surface area is 197 Å². The number of hydrogen-bond donors (Lipinski definition) is 4. The quantitative estimate of drug-likeness (QED) is 0.445. The van der Waals surface area contributed by atoms with Crippen LogP contribution in [0.3, 0.4) is 0 Å². The predicted molar refractivity (Wildman–Crippen MR) is 135 cm³/mol. The summed E-state index contributed by atoms with van der Waals surface area (Å²) in [6.45, 7) is 4.21. The van der Waals surface area contributed by atoms with E-state index in [1.165, 1.54) is 24.2 Å². The summed E-state index contributed by atoms with van der Waals surface area (Å²) < 4.78 is 0. The molecule has 4 rings (SSSR count). The molecule has 2 aliphatic heterocycles. The largest absolute Gasteiger partial charge is 0.478 e. The van der Waals surface area contributed by atoms with Crippen molar-refractivity contribution in [3.63, 3.8) is 0 Å². The fraction of sp³-hybridized carbons (Fsp3) is 0.192. The van der Waals surface area contributed by atoms with Gasteiger partial charge in [0.15, 0.2) is 0 Å². The molecule has 0 amide bonds. The molecule has 168 valence electrons. The minimum atomic E-state index is -0.928. The zero-order valence-electron chi connectivity index (χ0n) is 18.7. The highest BCUT2D eigenvalue weighted by Gasteiger charge is 2.39. The van der Waals surface area contributed by atoms with E-state index in [2.05, 4.69) is 48.3 Å². The Morgan fingerprint density at radius 3 is 2.45 bits per heavy atom. The molecule has 0 bridgehead atoms. The first-order chi connectivity index (χ1) is 15.8. The van der Waals surface area contributed by atoms with Crippen LogP contribution in [-0.4, -0.2) is 30.6 Å². The highest BCUT2D eigenvalue weighted by Crippen LogP contribution is 2.48. The first kappa shape index (κ1) is 22.6. The van der Waals surface area contributed by atoms with Gasteiger partial charge in [0, 0.05) is 46.8 Å². The molecule has 33 heavy (non-hydrogen) atoms. The Bertz CT molecular complexity index is 1220. The second-order valence-corrected chi connectivity index (χ2v) is 9.59. The Hall–Kier alpha value is -3.58. The molecule has 0 radical (unpaired) electrons. The van der Waals surface area contributed by atoms with Gasteiger partial charge in [-0.2, -0.15) is 0 Å². The average molecular weight is 459 g/mol. The summed E-state index contributed by atoms with van der Waals surface area (Å²) in [7, 11) is 2.00. The van der Waals surface area contributed by atoms with Crippen LogP contribution in [0.4, 0.5) is 5.69 Å². The summed E-state index contributed by atoms with van der Waals surface area (Å²) in [6, 6.07) is 15.3. The molecule has 1 fully saturated rings. The van der Waals surface area contributed by atoms with Crippen LogP contribution >= 0.6 is 11.8 Å². The first-order valence-electron chi connectivity index (χ1n) is 10.6. The van der Waals surface area contributed by atoms with Gasteiger partial charge in [-0.3, -0.25) is 0 Å². The smallest absolute Gasteiger partial charge is 0.335 e. The molecular formula is C26H26N4O2S. The third-order valence-corrected chi connectivity index (χ3v) is 7.34. The first-order valence-corrected chi connectivity index (χ1v) is 11.4. The number of carboxylic acids is 1. The molecule has 4 N–H and O–H groups in total. The number of nitrogens with zero attached hydrogens (tertiary/aromatic N) is 1. The molecule has 0 spiro atoms. The van der Waals surface area contributed by atoms with Crippen LogP contribution in [0.25, 0.3) is 0 Å². The van der Waals surface area contributed by atoms with Gasteiger partial charge in [-0.15, -0.1) is 0 Å². The summed E-state index contributed by atoms with van der Waals surface area (Å²) >= 11 is 1.53. The summed E-state index contributed by atoms with van der Waals surface area (Å²) in [6.07, 6.45) is 6.57. The van der Waals surface area contributed by atoms with Gasteiger partial charge in [0.1, 0.15) is 0 Å². The lowest BCUT2D eigenvalue weighted by Gasteiger charge is -2.24. The number of likely N-dealkylation sites (N-methyl/N-ethyl adjacent to an activating group) is 1. The van der Waals surface area contributed by atoms with E-state index in [9.17, 15) is 9.90 Å². The Kier molecular flexibility index (Phi) is 5.99. The van der Waals surface area contributed by atoms with Crippen LogP contribution in [0.1, 0.15) is 41.4 Å². The van der Waals surface area contributed by atoms with Crippen LogP contribution in [0.5, 0.6) is 0 Å². The fourth-order valence-electron chi connectivity index (χ4n) is 4.38. The second kappa shape index (κ2) is 8.75. The van der Waals surface area contributed by atoms with Crippen molar-refractivity contribution in [1.29, 1.82) is 10.8 Å².